The Bertz CT molecular complexity index is 1040. The van der Waals surface area contributed by atoms with E-state index in [1.165, 1.54) is 0 Å². The molecule has 0 bridgehead atoms. The van der Waals surface area contributed by atoms with Crippen LogP contribution in [0.4, 0.5) is 5.82 Å². The highest BCUT2D eigenvalue weighted by Gasteiger charge is 2.27. The second-order valence-electron chi connectivity index (χ2n) is 7.86. The van der Waals surface area contributed by atoms with Gasteiger partial charge in [-0.15, -0.1) is 0 Å². The number of fused-ring (bicyclic) bond motifs is 1. The van der Waals surface area contributed by atoms with Crippen molar-refractivity contribution in [3.63, 3.8) is 0 Å². The lowest BCUT2D eigenvalue weighted by Crippen LogP contribution is -2.37. The van der Waals surface area contributed by atoms with Crippen LogP contribution in [0, 0.1) is 12.8 Å². The van der Waals surface area contributed by atoms with Crippen LogP contribution in [0.25, 0.3) is 22.2 Å². The number of aryl methyl sites for hydroxylation is 2. The SMILES string of the molecule is COCCCc1cnc(-c2cc(C)c3occc3c2)c(N2CCC(C(=O)O)CC2)n1. The predicted octanol–water partition coefficient (Wildman–Crippen LogP) is 4.08. The number of ether oxygens (including phenoxy) is 1. The zero-order chi connectivity index (χ0) is 21.1. The fourth-order valence-corrected chi connectivity index (χ4v) is 4.09. The van der Waals surface area contributed by atoms with Crippen molar-refractivity contribution in [1.82, 2.24) is 9.97 Å². The van der Waals surface area contributed by atoms with Gasteiger partial charge in [0.1, 0.15) is 11.3 Å². The molecule has 1 N–H and O–H groups in total. The van der Waals surface area contributed by atoms with Crippen molar-refractivity contribution < 1.29 is 19.1 Å². The number of carbonyl (C=O) groups is 1. The quantitative estimate of drug-likeness (QED) is 0.588. The average Bonchev–Trinajstić information content (AvgIpc) is 3.23. The Balaban J connectivity index is 1.70. The van der Waals surface area contributed by atoms with Gasteiger partial charge in [0.05, 0.1) is 17.9 Å². The molecule has 1 saturated heterocycles. The van der Waals surface area contributed by atoms with Gasteiger partial charge in [0, 0.05) is 44.0 Å². The van der Waals surface area contributed by atoms with Crippen molar-refractivity contribution in [3.8, 4) is 11.3 Å². The summed E-state index contributed by atoms with van der Waals surface area (Å²) in [5.41, 5.74) is 4.67. The minimum atomic E-state index is -0.713. The number of hydrogen-bond acceptors (Lipinski definition) is 6. The van der Waals surface area contributed by atoms with Gasteiger partial charge in [0.2, 0.25) is 0 Å². The number of nitrogens with zero attached hydrogens (tertiary/aromatic N) is 3. The maximum Gasteiger partial charge on any atom is 0.306 e. The Morgan fingerprint density at radius 1 is 1.33 bits per heavy atom. The van der Waals surface area contributed by atoms with Crippen molar-refractivity contribution in [3.05, 3.63) is 41.9 Å². The summed E-state index contributed by atoms with van der Waals surface area (Å²) in [6, 6.07) is 6.11. The molecule has 7 nitrogen and oxygen atoms in total. The van der Waals surface area contributed by atoms with Crippen LogP contribution in [0.3, 0.4) is 0 Å². The third-order valence-corrected chi connectivity index (χ3v) is 5.74. The van der Waals surface area contributed by atoms with Gasteiger partial charge in [-0.1, -0.05) is 0 Å². The van der Waals surface area contributed by atoms with Crippen LogP contribution in [0.1, 0.15) is 30.5 Å². The number of rotatable bonds is 7. The van der Waals surface area contributed by atoms with Crippen molar-refractivity contribution in [2.75, 3.05) is 31.7 Å². The highest BCUT2D eigenvalue weighted by molar-refractivity contribution is 5.87. The zero-order valence-corrected chi connectivity index (χ0v) is 17.4. The molecule has 1 fully saturated rings. The van der Waals surface area contributed by atoms with Gasteiger partial charge in [-0.2, -0.15) is 0 Å². The van der Waals surface area contributed by atoms with Crippen LogP contribution in [-0.4, -0.2) is 47.8 Å². The molecule has 0 atom stereocenters. The van der Waals surface area contributed by atoms with E-state index < -0.39 is 5.97 Å². The van der Waals surface area contributed by atoms with Crippen molar-refractivity contribution >= 4 is 22.8 Å². The molecule has 0 spiro atoms. The van der Waals surface area contributed by atoms with Gasteiger partial charge < -0.3 is 19.2 Å². The number of furan rings is 1. The molecule has 1 aliphatic heterocycles. The van der Waals surface area contributed by atoms with Crippen LogP contribution in [0.5, 0.6) is 0 Å². The molecule has 30 heavy (non-hydrogen) atoms. The molecule has 0 saturated carbocycles. The Hall–Kier alpha value is -2.93. The summed E-state index contributed by atoms with van der Waals surface area (Å²) in [5.74, 6) is -0.168. The monoisotopic (exact) mass is 409 g/mol. The fraction of sp³-hybridized carbons (Fsp3) is 0.435. The standard InChI is InChI=1S/C23H27N3O4/c1-15-12-18(13-17-7-11-30-21(15)17)20-22(25-19(14-24-20)4-3-10-29-2)26-8-5-16(6-9-26)23(27)28/h7,11-14,16H,3-6,8-10H2,1-2H3,(H,27,28). The zero-order valence-electron chi connectivity index (χ0n) is 17.4. The Kier molecular flexibility index (Phi) is 5.99. The highest BCUT2D eigenvalue weighted by Crippen LogP contribution is 2.34. The Labute approximate surface area is 175 Å². The summed E-state index contributed by atoms with van der Waals surface area (Å²) >= 11 is 0. The van der Waals surface area contributed by atoms with E-state index in [0.717, 1.165) is 52.1 Å². The summed E-state index contributed by atoms with van der Waals surface area (Å²) in [5, 5.41) is 10.4. The van der Waals surface area contributed by atoms with Gasteiger partial charge in [-0.05, 0) is 56.4 Å². The second kappa shape index (κ2) is 8.83. The van der Waals surface area contributed by atoms with Crippen LogP contribution in [0.2, 0.25) is 0 Å². The molecule has 3 aromatic rings. The molecule has 0 amide bonds. The Morgan fingerprint density at radius 3 is 2.87 bits per heavy atom. The molecule has 0 radical (unpaired) electrons. The van der Waals surface area contributed by atoms with Crippen LogP contribution in [0.15, 0.2) is 35.1 Å². The number of aliphatic carboxylic acids is 1. The molecule has 7 heteroatoms. The Morgan fingerprint density at radius 2 is 2.13 bits per heavy atom. The van der Waals surface area contributed by atoms with Crippen LogP contribution < -0.4 is 4.90 Å². The first-order valence-electron chi connectivity index (χ1n) is 10.4. The van der Waals surface area contributed by atoms with Crippen molar-refractivity contribution in [2.24, 2.45) is 5.92 Å². The molecule has 1 aromatic carbocycles. The topological polar surface area (TPSA) is 88.7 Å². The maximum atomic E-state index is 11.4. The minimum absolute atomic E-state index is 0.285. The summed E-state index contributed by atoms with van der Waals surface area (Å²) < 4.78 is 10.7. The van der Waals surface area contributed by atoms with Gasteiger partial charge >= 0.3 is 5.97 Å². The van der Waals surface area contributed by atoms with Gasteiger partial charge in [-0.3, -0.25) is 9.78 Å². The molecule has 3 heterocycles. The molecular weight excluding hydrogens is 382 g/mol. The fourth-order valence-electron chi connectivity index (χ4n) is 4.09. The molecule has 4 rings (SSSR count). The van der Waals surface area contributed by atoms with Crippen LogP contribution >= 0.6 is 0 Å². The lowest BCUT2D eigenvalue weighted by molar-refractivity contribution is -0.142. The lowest BCUT2D eigenvalue weighted by atomic mass is 9.96. The van der Waals surface area contributed by atoms with E-state index in [4.69, 9.17) is 19.1 Å². The van der Waals surface area contributed by atoms with E-state index in [1.54, 1.807) is 13.4 Å². The summed E-state index contributed by atoms with van der Waals surface area (Å²) in [6.07, 6.45) is 6.44. The minimum Gasteiger partial charge on any atom is -0.481 e. The molecule has 1 aliphatic rings. The molecular formula is C23H27N3O4. The smallest absolute Gasteiger partial charge is 0.306 e. The normalized spacial score (nSPS) is 15.1. The van der Waals surface area contributed by atoms with Gasteiger partial charge in [-0.25, -0.2) is 4.98 Å². The first-order chi connectivity index (χ1) is 14.6. The largest absolute Gasteiger partial charge is 0.481 e. The summed E-state index contributed by atoms with van der Waals surface area (Å²) in [7, 11) is 1.70. The number of piperidine rings is 1. The third-order valence-electron chi connectivity index (χ3n) is 5.74. The van der Waals surface area contributed by atoms with E-state index in [1.807, 2.05) is 19.2 Å². The predicted molar refractivity (Wildman–Crippen MR) is 115 cm³/mol. The van der Waals surface area contributed by atoms with Gasteiger partial charge in [0.25, 0.3) is 0 Å². The number of hydrogen-bond donors (Lipinski definition) is 1. The van der Waals surface area contributed by atoms with Crippen molar-refractivity contribution in [1.29, 1.82) is 0 Å². The van der Waals surface area contributed by atoms with E-state index in [9.17, 15) is 9.90 Å². The molecule has 2 aromatic heterocycles. The number of aromatic nitrogens is 2. The van der Waals surface area contributed by atoms with Gasteiger partial charge in [0.15, 0.2) is 5.82 Å². The maximum absolute atomic E-state index is 11.4. The molecule has 158 valence electrons. The molecule has 0 unspecified atom stereocenters. The second-order valence-corrected chi connectivity index (χ2v) is 7.86. The third kappa shape index (κ3) is 4.16. The average molecular weight is 409 g/mol. The van der Waals surface area contributed by atoms with E-state index in [2.05, 4.69) is 17.0 Å². The number of methoxy groups -OCH3 is 1. The van der Waals surface area contributed by atoms with E-state index in [0.29, 0.717) is 32.5 Å². The number of carboxylic acids is 1. The number of carboxylic acid groups (broad SMARTS) is 1. The number of anilines is 1. The highest BCUT2D eigenvalue weighted by atomic mass is 16.5. The van der Waals surface area contributed by atoms with E-state index >= 15 is 0 Å². The summed E-state index contributed by atoms with van der Waals surface area (Å²) in [6.45, 7) is 4.03. The lowest BCUT2D eigenvalue weighted by Gasteiger charge is -2.32. The van der Waals surface area contributed by atoms with E-state index in [-0.39, 0.29) is 5.92 Å². The first-order valence-corrected chi connectivity index (χ1v) is 10.4. The van der Waals surface area contributed by atoms with Crippen molar-refractivity contribution in [2.45, 2.75) is 32.6 Å². The number of benzene rings is 1. The molecule has 0 aliphatic carbocycles. The van der Waals surface area contributed by atoms with Crippen LogP contribution in [-0.2, 0) is 16.0 Å². The first kappa shape index (κ1) is 20.3. The summed E-state index contributed by atoms with van der Waals surface area (Å²) in [4.78, 5) is 23.3.